The van der Waals surface area contributed by atoms with Gasteiger partial charge in [0, 0.05) is 37.5 Å². The maximum atomic E-state index is 12.6. The molecule has 0 radical (unpaired) electrons. The van der Waals surface area contributed by atoms with E-state index in [0.717, 1.165) is 42.3 Å². The quantitative estimate of drug-likeness (QED) is 0.507. The van der Waals surface area contributed by atoms with Gasteiger partial charge in [0.05, 0.1) is 17.7 Å². The molecular formula is C27H31N3O3S. The fourth-order valence-electron chi connectivity index (χ4n) is 3.90. The summed E-state index contributed by atoms with van der Waals surface area (Å²) in [5.74, 6) is -0.440. The van der Waals surface area contributed by atoms with Gasteiger partial charge in [-0.1, -0.05) is 42.5 Å². The van der Waals surface area contributed by atoms with Crippen LogP contribution in [0.25, 0.3) is 0 Å². The van der Waals surface area contributed by atoms with E-state index in [1.165, 1.54) is 10.4 Å². The first-order chi connectivity index (χ1) is 16.2. The van der Waals surface area contributed by atoms with Gasteiger partial charge in [-0.3, -0.25) is 9.69 Å². The molecule has 4 rings (SSSR count). The molecule has 7 heteroatoms. The molecule has 178 valence electrons. The summed E-state index contributed by atoms with van der Waals surface area (Å²) in [6, 6.07) is 17.7. The highest BCUT2D eigenvalue weighted by molar-refractivity contribution is 7.11. The summed E-state index contributed by atoms with van der Waals surface area (Å²) in [5, 5.41) is 3.80. The van der Waals surface area contributed by atoms with Crippen LogP contribution in [0.1, 0.15) is 57.8 Å². The Balaban J connectivity index is 1.29. The number of ether oxygens (including phenoxy) is 1. The van der Waals surface area contributed by atoms with Gasteiger partial charge in [0.25, 0.3) is 0 Å². The molecule has 0 spiro atoms. The molecule has 0 bridgehead atoms. The second-order valence-electron chi connectivity index (χ2n) is 9.58. The van der Waals surface area contributed by atoms with E-state index in [4.69, 9.17) is 9.72 Å². The van der Waals surface area contributed by atoms with Gasteiger partial charge in [-0.25, -0.2) is 9.78 Å². The van der Waals surface area contributed by atoms with Crippen molar-refractivity contribution in [1.29, 1.82) is 0 Å². The molecule has 2 aromatic carbocycles. The van der Waals surface area contributed by atoms with Gasteiger partial charge < -0.3 is 10.1 Å². The van der Waals surface area contributed by atoms with Crippen LogP contribution in [0.15, 0.2) is 54.6 Å². The summed E-state index contributed by atoms with van der Waals surface area (Å²) in [6.45, 7) is 8.65. The number of benzene rings is 2. The van der Waals surface area contributed by atoms with Crippen LogP contribution in [0.4, 0.5) is 0 Å². The zero-order chi connectivity index (χ0) is 24.1. The van der Waals surface area contributed by atoms with Crippen molar-refractivity contribution in [3.05, 3.63) is 86.9 Å². The molecule has 0 saturated carbocycles. The van der Waals surface area contributed by atoms with Crippen LogP contribution < -0.4 is 5.32 Å². The molecule has 0 saturated heterocycles. The lowest BCUT2D eigenvalue weighted by atomic mass is 10.1. The predicted molar refractivity (Wildman–Crippen MR) is 134 cm³/mol. The number of nitrogens with zero attached hydrogens (tertiary/aromatic N) is 2. The highest BCUT2D eigenvalue weighted by Crippen LogP contribution is 2.26. The first-order valence-corrected chi connectivity index (χ1v) is 12.4. The van der Waals surface area contributed by atoms with Gasteiger partial charge in [0.15, 0.2) is 0 Å². The molecule has 1 aliphatic heterocycles. The minimum Gasteiger partial charge on any atom is -0.456 e. The van der Waals surface area contributed by atoms with Gasteiger partial charge in [-0.2, -0.15) is 0 Å². The first kappa shape index (κ1) is 24.1. The van der Waals surface area contributed by atoms with E-state index in [-0.39, 0.29) is 18.3 Å². The van der Waals surface area contributed by atoms with Crippen molar-refractivity contribution in [2.75, 3.05) is 6.54 Å². The fourth-order valence-corrected chi connectivity index (χ4v) is 5.06. The van der Waals surface area contributed by atoms with Gasteiger partial charge >= 0.3 is 5.97 Å². The van der Waals surface area contributed by atoms with Crippen LogP contribution >= 0.6 is 11.3 Å². The van der Waals surface area contributed by atoms with E-state index in [1.54, 1.807) is 29.5 Å². The smallest absolute Gasteiger partial charge is 0.338 e. The molecular weight excluding hydrogens is 446 g/mol. The number of esters is 1. The number of carbonyl (C=O) groups excluding carboxylic acids is 2. The summed E-state index contributed by atoms with van der Waals surface area (Å²) in [7, 11) is 0. The highest BCUT2D eigenvalue weighted by Gasteiger charge is 2.22. The third-order valence-electron chi connectivity index (χ3n) is 5.47. The molecule has 1 aliphatic rings. The normalized spacial score (nSPS) is 13.9. The first-order valence-electron chi connectivity index (χ1n) is 11.6. The molecule has 1 aromatic heterocycles. The summed E-state index contributed by atoms with van der Waals surface area (Å²) in [6.07, 6.45) is 1.18. The minimum atomic E-state index is -0.549. The van der Waals surface area contributed by atoms with Crippen LogP contribution in [0.3, 0.4) is 0 Å². The molecule has 0 atom stereocenters. The Morgan fingerprint density at radius 2 is 1.85 bits per heavy atom. The number of nitrogens with one attached hydrogen (secondary N) is 1. The zero-order valence-corrected chi connectivity index (χ0v) is 20.8. The van der Waals surface area contributed by atoms with E-state index in [9.17, 15) is 9.59 Å². The lowest BCUT2D eigenvalue weighted by molar-refractivity contribution is -0.120. The highest BCUT2D eigenvalue weighted by atomic mass is 32.1. The van der Waals surface area contributed by atoms with E-state index in [0.29, 0.717) is 12.1 Å². The second-order valence-corrected chi connectivity index (χ2v) is 10.7. The van der Waals surface area contributed by atoms with E-state index >= 15 is 0 Å². The number of rotatable bonds is 7. The Morgan fingerprint density at radius 3 is 2.62 bits per heavy atom. The molecule has 3 aromatic rings. The lowest BCUT2D eigenvalue weighted by Gasteiger charge is -2.25. The van der Waals surface area contributed by atoms with Crippen LogP contribution in [-0.4, -0.2) is 33.9 Å². The van der Waals surface area contributed by atoms with Crippen molar-refractivity contribution in [2.45, 2.75) is 58.8 Å². The third-order valence-corrected chi connectivity index (χ3v) is 6.55. The number of amides is 1. The summed E-state index contributed by atoms with van der Waals surface area (Å²) in [5.41, 5.74) is 3.22. The van der Waals surface area contributed by atoms with Crippen molar-refractivity contribution in [3.63, 3.8) is 0 Å². The minimum absolute atomic E-state index is 0.0742. The number of aromatic nitrogens is 1. The topological polar surface area (TPSA) is 71.5 Å². The standard InChI is InChI=1S/C27H31N3O3S/c1-27(2,3)33-26(32)21-11-7-10-20(14-21)16-28-24(31)15-25-29-22-12-13-30(18-23(22)34-25)17-19-8-5-4-6-9-19/h4-11,14H,12-13,15-18H2,1-3H3,(H,28,31). The van der Waals surface area contributed by atoms with Crippen molar-refractivity contribution in [3.8, 4) is 0 Å². The second kappa shape index (κ2) is 10.5. The van der Waals surface area contributed by atoms with Gasteiger partial charge in [-0.15, -0.1) is 11.3 Å². The molecule has 1 amide bonds. The van der Waals surface area contributed by atoms with Crippen molar-refractivity contribution >= 4 is 23.2 Å². The van der Waals surface area contributed by atoms with Crippen LogP contribution in [-0.2, 0) is 42.0 Å². The maximum absolute atomic E-state index is 12.6. The molecule has 1 N–H and O–H groups in total. The summed E-state index contributed by atoms with van der Waals surface area (Å²) in [4.78, 5) is 33.3. The molecule has 6 nitrogen and oxygen atoms in total. The Labute approximate surface area is 205 Å². The monoisotopic (exact) mass is 477 g/mol. The number of fused-ring (bicyclic) bond motifs is 1. The summed E-state index contributed by atoms with van der Waals surface area (Å²) < 4.78 is 5.43. The Hall–Kier alpha value is -3.03. The average molecular weight is 478 g/mol. The molecule has 0 fully saturated rings. The third kappa shape index (κ3) is 6.74. The SMILES string of the molecule is CC(C)(C)OC(=O)c1cccc(CNC(=O)Cc2nc3c(s2)CN(Cc2ccccc2)CC3)c1. The number of hydrogen-bond acceptors (Lipinski definition) is 6. The molecule has 0 aliphatic carbocycles. The number of carbonyl (C=O) groups is 2. The maximum Gasteiger partial charge on any atom is 0.338 e. The average Bonchev–Trinajstić information content (AvgIpc) is 3.19. The lowest BCUT2D eigenvalue weighted by Crippen LogP contribution is -2.29. The van der Waals surface area contributed by atoms with Crippen LogP contribution in [0, 0.1) is 0 Å². The fraction of sp³-hybridized carbons (Fsp3) is 0.370. The van der Waals surface area contributed by atoms with Crippen molar-refractivity contribution in [2.24, 2.45) is 0 Å². The zero-order valence-electron chi connectivity index (χ0n) is 20.0. The van der Waals surface area contributed by atoms with E-state index in [1.807, 2.05) is 32.9 Å². The van der Waals surface area contributed by atoms with Crippen molar-refractivity contribution < 1.29 is 14.3 Å². The molecule has 34 heavy (non-hydrogen) atoms. The number of thiazole rings is 1. The Kier molecular flexibility index (Phi) is 7.44. The van der Waals surface area contributed by atoms with Gasteiger partial charge in [0.2, 0.25) is 5.91 Å². The van der Waals surface area contributed by atoms with Crippen molar-refractivity contribution in [1.82, 2.24) is 15.2 Å². The van der Waals surface area contributed by atoms with Gasteiger partial charge in [-0.05, 0) is 44.0 Å². The Morgan fingerprint density at radius 1 is 1.09 bits per heavy atom. The molecule has 0 unspecified atom stereocenters. The number of hydrogen-bond donors (Lipinski definition) is 1. The summed E-state index contributed by atoms with van der Waals surface area (Å²) >= 11 is 1.64. The van der Waals surface area contributed by atoms with Crippen LogP contribution in [0.2, 0.25) is 0 Å². The van der Waals surface area contributed by atoms with Crippen LogP contribution in [0.5, 0.6) is 0 Å². The molecule has 2 heterocycles. The predicted octanol–water partition coefficient (Wildman–Crippen LogP) is 4.52. The largest absolute Gasteiger partial charge is 0.456 e. The Bertz CT molecular complexity index is 1150. The van der Waals surface area contributed by atoms with E-state index in [2.05, 4.69) is 34.5 Å². The van der Waals surface area contributed by atoms with E-state index < -0.39 is 5.60 Å². The van der Waals surface area contributed by atoms with Gasteiger partial charge in [0.1, 0.15) is 10.6 Å².